The number of fused-ring (bicyclic) bond motifs is 1. The van der Waals surface area contributed by atoms with E-state index in [1.54, 1.807) is 0 Å². The Kier molecular flexibility index (Phi) is 16.1. The summed E-state index contributed by atoms with van der Waals surface area (Å²) in [4.78, 5) is 0. The fourth-order valence-corrected chi connectivity index (χ4v) is 4.58. The summed E-state index contributed by atoms with van der Waals surface area (Å²) in [6, 6.07) is 48.2. The molecule has 40 heavy (non-hydrogen) atoms. The van der Waals surface area contributed by atoms with Crippen molar-refractivity contribution in [3.05, 3.63) is 146 Å². The van der Waals surface area contributed by atoms with E-state index in [1.165, 1.54) is 81.4 Å². The third-order valence-corrected chi connectivity index (χ3v) is 6.80. The molecule has 0 heterocycles. The van der Waals surface area contributed by atoms with E-state index in [0.29, 0.717) is 0 Å². The second-order valence-electron chi connectivity index (χ2n) is 10.1. The van der Waals surface area contributed by atoms with Gasteiger partial charge in [0.1, 0.15) is 11.5 Å². The molecule has 0 atom stereocenters. The van der Waals surface area contributed by atoms with Crippen molar-refractivity contribution in [3.8, 4) is 11.5 Å². The van der Waals surface area contributed by atoms with Gasteiger partial charge in [-0.2, -0.15) is 0 Å². The Hall–Kier alpha value is -3.84. The van der Waals surface area contributed by atoms with Crippen molar-refractivity contribution in [1.82, 2.24) is 0 Å². The highest BCUT2D eigenvalue weighted by Crippen LogP contribution is 2.19. The van der Waals surface area contributed by atoms with Gasteiger partial charge in [0, 0.05) is 0 Å². The molecule has 0 aliphatic heterocycles. The number of ether oxygens (including phenoxy) is 1. The largest absolute Gasteiger partial charge is 0.457 e. The van der Waals surface area contributed by atoms with Crippen LogP contribution in [0.2, 0.25) is 0 Å². The summed E-state index contributed by atoms with van der Waals surface area (Å²) in [6.07, 6.45) is 16.5. The maximum absolute atomic E-state index is 5.58. The predicted molar refractivity (Wildman–Crippen MR) is 174 cm³/mol. The van der Waals surface area contributed by atoms with Gasteiger partial charge in [-0.25, -0.2) is 0 Å². The van der Waals surface area contributed by atoms with Crippen molar-refractivity contribution in [2.75, 3.05) is 0 Å². The maximum Gasteiger partial charge on any atom is 0.127 e. The number of hydrogen-bond donors (Lipinski definition) is 0. The van der Waals surface area contributed by atoms with E-state index in [2.05, 4.69) is 48.5 Å². The predicted octanol–water partition coefficient (Wildman–Crippen LogP) is 12.3. The van der Waals surface area contributed by atoms with Crippen LogP contribution in [-0.2, 0) is 0 Å². The standard InChI is InChI=1S/C12H10O.C10H8.C6H12.C6H6.C5H10/c1-3-7-11(8-4-1)13-12-9-5-2-6-10-12;1-2-6-10-8-4-3-7-9(10)5-1;2*1-2-4-6-5-3-1;1-2-4-5-3-1/h1-10H;1-8H;1-6H2;1-6H;1-5H2. The highest BCUT2D eigenvalue weighted by atomic mass is 16.5. The van der Waals surface area contributed by atoms with Crippen LogP contribution in [0.25, 0.3) is 10.8 Å². The molecule has 208 valence electrons. The normalized spacial score (nSPS) is 13.4. The zero-order chi connectivity index (χ0) is 27.8. The van der Waals surface area contributed by atoms with Crippen LogP contribution < -0.4 is 4.74 Å². The van der Waals surface area contributed by atoms with Crippen molar-refractivity contribution in [2.45, 2.75) is 70.6 Å². The van der Waals surface area contributed by atoms with Gasteiger partial charge in [0.05, 0.1) is 0 Å². The average molecular weight is 531 g/mol. The Morgan fingerprint density at radius 2 is 0.450 bits per heavy atom. The molecular weight excluding hydrogens is 484 g/mol. The molecular formula is C39H46O. The monoisotopic (exact) mass is 530 g/mol. The lowest BCUT2D eigenvalue weighted by atomic mass is 10.0. The summed E-state index contributed by atoms with van der Waals surface area (Å²) in [6.45, 7) is 0. The first-order valence-corrected chi connectivity index (χ1v) is 15.1. The second kappa shape index (κ2) is 21.0. The molecule has 2 fully saturated rings. The first-order chi connectivity index (χ1) is 19.9. The van der Waals surface area contributed by atoms with Gasteiger partial charge in [0.25, 0.3) is 0 Å². The van der Waals surface area contributed by atoms with Gasteiger partial charge in [-0.1, -0.05) is 192 Å². The molecule has 1 heteroatoms. The van der Waals surface area contributed by atoms with Crippen LogP contribution in [0, 0.1) is 0 Å². The highest BCUT2D eigenvalue weighted by molar-refractivity contribution is 5.82. The van der Waals surface area contributed by atoms with Crippen LogP contribution in [-0.4, -0.2) is 0 Å². The molecule has 0 amide bonds. The highest BCUT2D eigenvalue weighted by Gasteiger charge is 1.96. The van der Waals surface area contributed by atoms with Crippen LogP contribution in [0.5, 0.6) is 11.5 Å². The van der Waals surface area contributed by atoms with Crippen LogP contribution in [0.15, 0.2) is 146 Å². The smallest absolute Gasteiger partial charge is 0.127 e. The fourth-order valence-electron chi connectivity index (χ4n) is 4.58. The van der Waals surface area contributed by atoms with Crippen LogP contribution in [0.3, 0.4) is 0 Å². The third kappa shape index (κ3) is 14.4. The summed E-state index contributed by atoms with van der Waals surface area (Å²) in [5.41, 5.74) is 0. The Bertz CT molecular complexity index is 1080. The van der Waals surface area contributed by atoms with Crippen molar-refractivity contribution in [1.29, 1.82) is 0 Å². The number of rotatable bonds is 2. The van der Waals surface area contributed by atoms with E-state index >= 15 is 0 Å². The molecule has 2 saturated carbocycles. The molecule has 0 aromatic heterocycles. The molecule has 0 radical (unpaired) electrons. The first-order valence-electron chi connectivity index (χ1n) is 15.1. The van der Waals surface area contributed by atoms with Gasteiger partial charge in [-0.3, -0.25) is 0 Å². The Balaban J connectivity index is 0.000000145. The quantitative estimate of drug-likeness (QED) is 0.220. The fraction of sp³-hybridized carbons (Fsp3) is 0.282. The van der Waals surface area contributed by atoms with Crippen LogP contribution >= 0.6 is 0 Å². The SMILES string of the molecule is C1CCCC1.C1CCCCC1.c1ccc(Oc2ccccc2)cc1.c1ccc2ccccc2c1.c1ccccc1. The molecule has 0 N–H and O–H groups in total. The maximum atomic E-state index is 5.58. The van der Waals surface area contributed by atoms with Crippen molar-refractivity contribution < 1.29 is 4.74 Å². The van der Waals surface area contributed by atoms with E-state index < -0.39 is 0 Å². The minimum absolute atomic E-state index is 0.869. The molecule has 5 aromatic rings. The van der Waals surface area contributed by atoms with Gasteiger partial charge < -0.3 is 4.74 Å². The van der Waals surface area contributed by atoms with E-state index in [-0.39, 0.29) is 0 Å². The van der Waals surface area contributed by atoms with Gasteiger partial charge in [0.15, 0.2) is 0 Å². The molecule has 0 unspecified atom stereocenters. The molecule has 7 rings (SSSR count). The summed E-state index contributed by atoms with van der Waals surface area (Å²) in [5.74, 6) is 1.74. The lowest BCUT2D eigenvalue weighted by Crippen LogP contribution is -1.85. The van der Waals surface area contributed by atoms with E-state index in [1.807, 2.05) is 97.1 Å². The Labute approximate surface area is 242 Å². The zero-order valence-electron chi connectivity index (χ0n) is 24.0. The van der Waals surface area contributed by atoms with Gasteiger partial charge in [-0.15, -0.1) is 0 Å². The summed E-state index contributed by atoms with van der Waals surface area (Å²) in [5, 5.41) is 2.62. The third-order valence-electron chi connectivity index (χ3n) is 6.80. The lowest BCUT2D eigenvalue weighted by molar-refractivity contribution is 0.482. The molecule has 0 bridgehead atoms. The molecule has 5 aromatic carbocycles. The minimum Gasteiger partial charge on any atom is -0.457 e. The molecule has 0 saturated heterocycles. The minimum atomic E-state index is 0.869. The molecule has 2 aliphatic carbocycles. The Morgan fingerprint density at radius 1 is 0.250 bits per heavy atom. The van der Waals surface area contributed by atoms with Crippen LogP contribution in [0.4, 0.5) is 0 Å². The summed E-state index contributed by atoms with van der Waals surface area (Å²) in [7, 11) is 0. The van der Waals surface area contributed by atoms with Gasteiger partial charge in [0.2, 0.25) is 0 Å². The van der Waals surface area contributed by atoms with E-state index in [0.717, 1.165) is 11.5 Å². The first kappa shape index (κ1) is 30.7. The van der Waals surface area contributed by atoms with Crippen LogP contribution in [0.1, 0.15) is 70.6 Å². The second-order valence-corrected chi connectivity index (χ2v) is 10.1. The average Bonchev–Trinajstić information content (AvgIpc) is 3.66. The molecule has 2 aliphatic rings. The topological polar surface area (TPSA) is 9.23 Å². The number of benzene rings is 5. The van der Waals surface area contributed by atoms with E-state index in [4.69, 9.17) is 4.74 Å². The Morgan fingerprint density at radius 3 is 0.700 bits per heavy atom. The van der Waals surface area contributed by atoms with E-state index in [9.17, 15) is 0 Å². The number of para-hydroxylation sites is 2. The van der Waals surface area contributed by atoms with Crippen molar-refractivity contribution in [3.63, 3.8) is 0 Å². The molecule has 1 nitrogen and oxygen atoms in total. The summed E-state index contributed by atoms with van der Waals surface area (Å²) >= 11 is 0. The number of hydrogen-bond acceptors (Lipinski definition) is 1. The van der Waals surface area contributed by atoms with Gasteiger partial charge >= 0.3 is 0 Å². The van der Waals surface area contributed by atoms with Gasteiger partial charge in [-0.05, 0) is 35.0 Å². The lowest BCUT2D eigenvalue weighted by Gasteiger charge is -2.05. The molecule has 0 spiro atoms. The summed E-state index contributed by atoms with van der Waals surface area (Å²) < 4.78 is 5.58. The van der Waals surface area contributed by atoms with Crippen molar-refractivity contribution >= 4 is 10.8 Å². The zero-order valence-corrected chi connectivity index (χ0v) is 24.0. The van der Waals surface area contributed by atoms with Crippen molar-refractivity contribution in [2.24, 2.45) is 0 Å².